The Hall–Kier alpha value is -1.49. The van der Waals surface area contributed by atoms with Crippen molar-refractivity contribution < 1.29 is 13.6 Å². The molecule has 0 spiro atoms. The molecule has 2 N–H and O–H groups in total. The Morgan fingerprint density at radius 2 is 1.94 bits per heavy atom. The third kappa shape index (κ3) is 4.07. The molecule has 0 radical (unpaired) electrons. The molecule has 0 aliphatic carbocycles. The van der Waals surface area contributed by atoms with Gasteiger partial charge in [-0.3, -0.25) is 10.1 Å². The van der Waals surface area contributed by atoms with Gasteiger partial charge >= 0.3 is 0 Å². The highest BCUT2D eigenvalue weighted by Gasteiger charge is 2.13. The van der Waals surface area contributed by atoms with Crippen LogP contribution in [-0.4, -0.2) is 18.1 Å². The van der Waals surface area contributed by atoms with Gasteiger partial charge in [-0.25, -0.2) is 8.78 Å². The predicted octanol–water partition coefficient (Wildman–Crippen LogP) is 2.43. The highest BCUT2D eigenvalue weighted by molar-refractivity contribution is 5.94. The molecule has 0 aliphatic heterocycles. The van der Waals surface area contributed by atoms with Crippen LogP contribution in [0.5, 0.6) is 0 Å². The largest absolute Gasteiger partial charge is 0.337 e. The third-order valence-electron chi connectivity index (χ3n) is 2.68. The summed E-state index contributed by atoms with van der Waals surface area (Å²) in [5.74, 6) is -2.42. The summed E-state index contributed by atoms with van der Waals surface area (Å²) in [5.41, 5.74) is 0.103. The van der Waals surface area contributed by atoms with Crippen molar-refractivity contribution in [3.63, 3.8) is 0 Å². The maximum atomic E-state index is 13.0. The van der Waals surface area contributed by atoms with Crippen LogP contribution in [0.4, 0.5) is 8.78 Å². The molecule has 0 heterocycles. The first-order valence-electron chi connectivity index (χ1n) is 5.96. The highest BCUT2D eigenvalue weighted by atomic mass is 19.2. The van der Waals surface area contributed by atoms with E-state index in [9.17, 15) is 13.6 Å². The van der Waals surface area contributed by atoms with E-state index >= 15 is 0 Å². The van der Waals surface area contributed by atoms with Gasteiger partial charge in [0, 0.05) is 11.6 Å². The Bertz CT molecular complexity index is 423. The number of hydrogen-bond donors (Lipinski definition) is 2. The minimum Gasteiger partial charge on any atom is -0.337 e. The second-order valence-electron chi connectivity index (χ2n) is 4.30. The zero-order chi connectivity index (χ0) is 13.7. The fraction of sp³-hybridized carbons (Fsp3) is 0.462. The molecule has 1 rings (SSSR count). The van der Waals surface area contributed by atoms with Crippen molar-refractivity contribution in [2.45, 2.75) is 39.4 Å². The van der Waals surface area contributed by atoms with Crippen molar-refractivity contribution in [2.24, 2.45) is 0 Å². The third-order valence-corrected chi connectivity index (χ3v) is 2.68. The van der Waals surface area contributed by atoms with E-state index in [1.165, 1.54) is 6.07 Å². The van der Waals surface area contributed by atoms with Crippen LogP contribution in [0.15, 0.2) is 18.2 Å². The first kappa shape index (κ1) is 14.6. The van der Waals surface area contributed by atoms with E-state index in [0.717, 1.165) is 18.6 Å². The SMILES string of the molecule is CCC(C)NC(C)NC(=O)c1ccc(F)c(F)c1. The molecule has 18 heavy (non-hydrogen) atoms. The fourth-order valence-electron chi connectivity index (χ4n) is 1.50. The van der Waals surface area contributed by atoms with Gasteiger partial charge in [-0.15, -0.1) is 0 Å². The van der Waals surface area contributed by atoms with Crippen molar-refractivity contribution in [1.29, 1.82) is 0 Å². The van der Waals surface area contributed by atoms with E-state index in [4.69, 9.17) is 0 Å². The molecule has 0 fully saturated rings. The molecule has 0 saturated carbocycles. The van der Waals surface area contributed by atoms with Crippen LogP contribution in [0, 0.1) is 11.6 Å². The number of hydrogen-bond acceptors (Lipinski definition) is 2. The minimum absolute atomic E-state index is 0.103. The molecule has 2 atom stereocenters. The summed E-state index contributed by atoms with van der Waals surface area (Å²) in [6, 6.07) is 3.35. The Labute approximate surface area is 106 Å². The van der Waals surface area contributed by atoms with E-state index in [1.54, 1.807) is 6.92 Å². The van der Waals surface area contributed by atoms with E-state index < -0.39 is 17.5 Å². The van der Waals surface area contributed by atoms with Gasteiger partial charge in [0.2, 0.25) is 0 Å². The number of benzene rings is 1. The van der Waals surface area contributed by atoms with Crippen molar-refractivity contribution in [3.8, 4) is 0 Å². The van der Waals surface area contributed by atoms with Gasteiger partial charge in [-0.05, 0) is 38.5 Å². The van der Waals surface area contributed by atoms with Crippen LogP contribution in [-0.2, 0) is 0 Å². The molecular weight excluding hydrogens is 238 g/mol. The van der Waals surface area contributed by atoms with E-state index in [-0.39, 0.29) is 17.8 Å². The van der Waals surface area contributed by atoms with Crippen LogP contribution in [0.1, 0.15) is 37.6 Å². The van der Waals surface area contributed by atoms with Gasteiger partial charge in [-0.1, -0.05) is 6.92 Å². The molecular formula is C13H18F2N2O. The molecule has 2 unspecified atom stereocenters. The summed E-state index contributed by atoms with van der Waals surface area (Å²) >= 11 is 0. The van der Waals surface area contributed by atoms with E-state index in [0.29, 0.717) is 0 Å². The molecule has 100 valence electrons. The second kappa shape index (κ2) is 6.44. The molecule has 0 saturated heterocycles. The predicted molar refractivity (Wildman–Crippen MR) is 66.2 cm³/mol. The maximum Gasteiger partial charge on any atom is 0.252 e. The first-order chi connectivity index (χ1) is 8.43. The van der Waals surface area contributed by atoms with Crippen LogP contribution in [0.3, 0.4) is 0 Å². The summed E-state index contributed by atoms with van der Waals surface area (Å²) in [7, 11) is 0. The Kier molecular flexibility index (Phi) is 5.22. The zero-order valence-corrected chi connectivity index (χ0v) is 10.8. The Morgan fingerprint density at radius 1 is 1.28 bits per heavy atom. The molecule has 1 amide bonds. The zero-order valence-electron chi connectivity index (χ0n) is 10.8. The van der Waals surface area contributed by atoms with E-state index in [2.05, 4.69) is 10.6 Å². The highest BCUT2D eigenvalue weighted by Crippen LogP contribution is 2.08. The number of carbonyl (C=O) groups excluding carboxylic acids is 1. The molecule has 1 aromatic carbocycles. The molecule has 0 aliphatic rings. The first-order valence-corrected chi connectivity index (χ1v) is 5.96. The van der Waals surface area contributed by atoms with Gasteiger partial charge in [0.25, 0.3) is 5.91 Å². The Morgan fingerprint density at radius 3 is 2.50 bits per heavy atom. The average molecular weight is 256 g/mol. The summed E-state index contributed by atoms with van der Waals surface area (Å²) < 4.78 is 25.7. The topological polar surface area (TPSA) is 41.1 Å². The van der Waals surface area contributed by atoms with Crippen molar-refractivity contribution in [1.82, 2.24) is 10.6 Å². The quantitative estimate of drug-likeness (QED) is 0.794. The molecule has 0 bridgehead atoms. The van der Waals surface area contributed by atoms with Gasteiger partial charge in [0.05, 0.1) is 6.17 Å². The van der Waals surface area contributed by atoms with Crippen molar-refractivity contribution in [2.75, 3.05) is 0 Å². The average Bonchev–Trinajstić information content (AvgIpc) is 2.32. The van der Waals surface area contributed by atoms with Gasteiger partial charge < -0.3 is 5.32 Å². The fourth-order valence-corrected chi connectivity index (χ4v) is 1.50. The van der Waals surface area contributed by atoms with Gasteiger partial charge in [-0.2, -0.15) is 0 Å². The van der Waals surface area contributed by atoms with E-state index in [1.807, 2.05) is 13.8 Å². The van der Waals surface area contributed by atoms with Crippen LogP contribution >= 0.6 is 0 Å². The lowest BCUT2D eigenvalue weighted by Crippen LogP contribution is -2.46. The van der Waals surface area contributed by atoms with Crippen molar-refractivity contribution in [3.05, 3.63) is 35.4 Å². The van der Waals surface area contributed by atoms with Gasteiger partial charge in [0.15, 0.2) is 11.6 Å². The number of amides is 1. The number of rotatable bonds is 5. The lowest BCUT2D eigenvalue weighted by atomic mass is 10.2. The molecule has 0 aromatic heterocycles. The Balaban J connectivity index is 2.62. The summed E-state index contributed by atoms with van der Waals surface area (Å²) in [6.07, 6.45) is 0.700. The monoisotopic (exact) mass is 256 g/mol. The minimum atomic E-state index is -1.02. The van der Waals surface area contributed by atoms with Crippen LogP contribution < -0.4 is 10.6 Å². The molecule has 5 heteroatoms. The van der Waals surface area contributed by atoms with Gasteiger partial charge in [0.1, 0.15) is 0 Å². The lowest BCUT2D eigenvalue weighted by molar-refractivity contribution is 0.0930. The molecule has 1 aromatic rings. The number of halogens is 2. The normalized spacial score (nSPS) is 14.1. The lowest BCUT2D eigenvalue weighted by Gasteiger charge is -2.20. The summed E-state index contributed by atoms with van der Waals surface area (Å²) in [4.78, 5) is 11.7. The maximum absolute atomic E-state index is 13.0. The van der Waals surface area contributed by atoms with Crippen LogP contribution in [0.2, 0.25) is 0 Å². The number of carbonyl (C=O) groups is 1. The second-order valence-corrected chi connectivity index (χ2v) is 4.30. The standard InChI is InChI=1S/C13H18F2N2O/c1-4-8(2)16-9(3)17-13(18)10-5-6-11(14)12(15)7-10/h5-9,16H,4H2,1-3H3,(H,17,18). The van der Waals surface area contributed by atoms with Crippen molar-refractivity contribution >= 4 is 5.91 Å². The summed E-state index contributed by atoms with van der Waals surface area (Å²) in [6.45, 7) is 5.83. The van der Waals surface area contributed by atoms with Crippen LogP contribution in [0.25, 0.3) is 0 Å². The summed E-state index contributed by atoms with van der Waals surface area (Å²) in [5, 5.41) is 5.83. The number of nitrogens with one attached hydrogen (secondary N) is 2. The molecule has 3 nitrogen and oxygen atoms in total. The smallest absolute Gasteiger partial charge is 0.252 e.